The Bertz CT molecular complexity index is 537. The fourth-order valence-electron chi connectivity index (χ4n) is 1.70. The maximum atomic E-state index is 12.8. The molecule has 98 valence electrons. The smallest absolute Gasteiger partial charge is 0.314 e. The molecule has 0 saturated heterocycles. The number of hydrogen-bond donors (Lipinski definition) is 1. The summed E-state index contributed by atoms with van der Waals surface area (Å²) in [7, 11) is 0. The molecule has 0 aromatic heterocycles. The molecule has 0 spiro atoms. The van der Waals surface area contributed by atoms with E-state index in [1.165, 1.54) is 24.3 Å². The summed E-state index contributed by atoms with van der Waals surface area (Å²) < 4.78 is 18.3. The second-order valence-electron chi connectivity index (χ2n) is 4.07. The third-order valence-electron chi connectivity index (χ3n) is 2.73. The van der Waals surface area contributed by atoms with Gasteiger partial charge in [-0.05, 0) is 29.8 Å². The van der Waals surface area contributed by atoms with Gasteiger partial charge in [0.25, 0.3) is 0 Å². The summed E-state index contributed by atoms with van der Waals surface area (Å²) in [5.74, 6) is -1.60. The van der Waals surface area contributed by atoms with Crippen LogP contribution in [0.25, 0.3) is 0 Å². The van der Waals surface area contributed by atoms with E-state index in [2.05, 4.69) is 0 Å². The molecule has 0 fully saturated rings. The Balaban J connectivity index is 2.09. The van der Waals surface area contributed by atoms with Gasteiger partial charge in [0.1, 0.15) is 24.1 Å². The monoisotopic (exact) mass is 260 g/mol. The predicted molar refractivity (Wildman–Crippen MR) is 68.7 cm³/mol. The Kier molecular flexibility index (Phi) is 4.13. The first-order chi connectivity index (χ1) is 9.16. The fourth-order valence-corrected chi connectivity index (χ4v) is 1.70. The molecule has 4 heteroatoms. The van der Waals surface area contributed by atoms with E-state index in [0.29, 0.717) is 11.3 Å². The highest BCUT2D eigenvalue weighted by Gasteiger charge is 2.20. The molecular weight excluding hydrogens is 247 g/mol. The average molecular weight is 260 g/mol. The molecule has 1 unspecified atom stereocenters. The molecule has 0 aliphatic heterocycles. The van der Waals surface area contributed by atoms with E-state index >= 15 is 0 Å². The Labute approximate surface area is 110 Å². The molecule has 0 saturated carbocycles. The molecule has 0 amide bonds. The van der Waals surface area contributed by atoms with E-state index in [1.54, 1.807) is 12.1 Å². The second kappa shape index (κ2) is 6.00. The Hall–Kier alpha value is -2.36. The molecule has 1 atom stereocenters. The molecule has 2 rings (SSSR count). The summed E-state index contributed by atoms with van der Waals surface area (Å²) in [6.07, 6.45) is 0. The van der Waals surface area contributed by atoms with E-state index in [9.17, 15) is 14.3 Å². The largest absolute Gasteiger partial charge is 0.492 e. The van der Waals surface area contributed by atoms with Crippen LogP contribution < -0.4 is 4.74 Å². The van der Waals surface area contributed by atoms with Crippen LogP contribution in [0, 0.1) is 5.82 Å². The number of carboxylic acids is 1. The van der Waals surface area contributed by atoms with Gasteiger partial charge in [0, 0.05) is 0 Å². The van der Waals surface area contributed by atoms with Gasteiger partial charge >= 0.3 is 5.97 Å². The third kappa shape index (κ3) is 3.55. The van der Waals surface area contributed by atoms with Gasteiger partial charge in [0.05, 0.1) is 0 Å². The van der Waals surface area contributed by atoms with Crippen LogP contribution in [0.2, 0.25) is 0 Å². The van der Waals surface area contributed by atoms with Crippen LogP contribution in [-0.2, 0) is 4.79 Å². The van der Waals surface area contributed by atoms with Crippen molar-refractivity contribution < 1.29 is 19.0 Å². The number of rotatable bonds is 5. The number of carbonyl (C=O) groups is 1. The minimum Gasteiger partial charge on any atom is -0.492 e. The van der Waals surface area contributed by atoms with Gasteiger partial charge in [0.15, 0.2) is 0 Å². The van der Waals surface area contributed by atoms with Crippen LogP contribution in [0.1, 0.15) is 11.5 Å². The summed E-state index contributed by atoms with van der Waals surface area (Å²) in [5, 5.41) is 9.20. The number of hydrogen-bond acceptors (Lipinski definition) is 2. The molecular formula is C15H13FO3. The predicted octanol–water partition coefficient (Wildman–Crippen LogP) is 3.07. The van der Waals surface area contributed by atoms with Crippen molar-refractivity contribution in [1.82, 2.24) is 0 Å². The van der Waals surface area contributed by atoms with E-state index in [-0.39, 0.29) is 6.61 Å². The SMILES string of the molecule is O=C(O)C(COc1ccccc1)c1ccc(F)cc1. The lowest BCUT2D eigenvalue weighted by atomic mass is 10.0. The summed E-state index contributed by atoms with van der Waals surface area (Å²) >= 11 is 0. The second-order valence-corrected chi connectivity index (χ2v) is 4.07. The van der Waals surface area contributed by atoms with Gasteiger partial charge in [-0.3, -0.25) is 4.79 Å². The first-order valence-corrected chi connectivity index (χ1v) is 5.83. The molecule has 19 heavy (non-hydrogen) atoms. The van der Waals surface area contributed by atoms with E-state index in [1.807, 2.05) is 18.2 Å². The highest BCUT2D eigenvalue weighted by Crippen LogP contribution is 2.19. The minimum absolute atomic E-state index is 0.00494. The number of halogens is 1. The number of para-hydroxylation sites is 1. The first-order valence-electron chi connectivity index (χ1n) is 5.83. The van der Waals surface area contributed by atoms with Crippen LogP contribution >= 0.6 is 0 Å². The van der Waals surface area contributed by atoms with Gasteiger partial charge in [-0.2, -0.15) is 0 Å². The lowest BCUT2D eigenvalue weighted by molar-refractivity contribution is -0.139. The zero-order chi connectivity index (χ0) is 13.7. The maximum Gasteiger partial charge on any atom is 0.314 e. The minimum atomic E-state index is -0.998. The lowest BCUT2D eigenvalue weighted by Gasteiger charge is -2.14. The normalized spacial score (nSPS) is 11.8. The van der Waals surface area contributed by atoms with Crippen molar-refractivity contribution in [3.8, 4) is 5.75 Å². The molecule has 0 bridgehead atoms. The van der Waals surface area contributed by atoms with Crippen LogP contribution in [-0.4, -0.2) is 17.7 Å². The standard InChI is InChI=1S/C15H13FO3/c16-12-8-6-11(7-9-12)14(15(17)18)10-19-13-4-2-1-3-5-13/h1-9,14H,10H2,(H,17,18). The van der Waals surface area contributed by atoms with Crippen LogP contribution in [0.5, 0.6) is 5.75 Å². The van der Waals surface area contributed by atoms with Gasteiger partial charge in [-0.1, -0.05) is 30.3 Å². The molecule has 0 heterocycles. The number of carboxylic acid groups (broad SMARTS) is 1. The van der Waals surface area contributed by atoms with Crippen LogP contribution in [0.4, 0.5) is 4.39 Å². The molecule has 2 aromatic carbocycles. The van der Waals surface area contributed by atoms with Crippen molar-refractivity contribution in [3.63, 3.8) is 0 Å². The maximum absolute atomic E-state index is 12.8. The number of ether oxygens (including phenoxy) is 1. The molecule has 0 aliphatic rings. The van der Waals surface area contributed by atoms with Crippen molar-refractivity contribution in [1.29, 1.82) is 0 Å². The van der Waals surface area contributed by atoms with E-state index in [4.69, 9.17) is 4.74 Å². The Morgan fingerprint density at radius 2 is 1.74 bits per heavy atom. The fraction of sp³-hybridized carbons (Fsp3) is 0.133. The first kappa shape index (κ1) is 13.1. The summed E-state index contributed by atoms with van der Waals surface area (Å²) in [6, 6.07) is 14.4. The highest BCUT2D eigenvalue weighted by molar-refractivity contribution is 5.76. The van der Waals surface area contributed by atoms with Crippen molar-refractivity contribution in [2.45, 2.75) is 5.92 Å². The van der Waals surface area contributed by atoms with Gasteiger partial charge in [-0.25, -0.2) is 4.39 Å². The molecule has 0 radical (unpaired) electrons. The highest BCUT2D eigenvalue weighted by atomic mass is 19.1. The Morgan fingerprint density at radius 1 is 1.11 bits per heavy atom. The summed E-state index contributed by atoms with van der Waals surface area (Å²) in [6.45, 7) is 0.00494. The van der Waals surface area contributed by atoms with E-state index < -0.39 is 17.7 Å². The van der Waals surface area contributed by atoms with Crippen molar-refractivity contribution in [2.24, 2.45) is 0 Å². The summed E-state index contributed by atoms with van der Waals surface area (Å²) in [4.78, 5) is 11.2. The van der Waals surface area contributed by atoms with Crippen LogP contribution in [0.3, 0.4) is 0 Å². The molecule has 0 aliphatic carbocycles. The topological polar surface area (TPSA) is 46.5 Å². The van der Waals surface area contributed by atoms with Gasteiger partial charge in [0.2, 0.25) is 0 Å². The number of aliphatic carboxylic acids is 1. The summed E-state index contributed by atoms with van der Waals surface area (Å²) in [5.41, 5.74) is 0.518. The van der Waals surface area contributed by atoms with Crippen molar-refractivity contribution in [2.75, 3.05) is 6.61 Å². The average Bonchev–Trinajstić information content (AvgIpc) is 2.42. The van der Waals surface area contributed by atoms with Crippen molar-refractivity contribution >= 4 is 5.97 Å². The zero-order valence-electron chi connectivity index (χ0n) is 10.1. The molecule has 1 N–H and O–H groups in total. The van der Waals surface area contributed by atoms with Crippen LogP contribution in [0.15, 0.2) is 54.6 Å². The molecule has 3 nitrogen and oxygen atoms in total. The van der Waals surface area contributed by atoms with Gasteiger partial charge in [-0.15, -0.1) is 0 Å². The third-order valence-corrected chi connectivity index (χ3v) is 2.73. The molecule has 2 aromatic rings. The van der Waals surface area contributed by atoms with Crippen molar-refractivity contribution in [3.05, 3.63) is 66.0 Å². The van der Waals surface area contributed by atoms with E-state index in [0.717, 1.165) is 0 Å². The lowest BCUT2D eigenvalue weighted by Crippen LogP contribution is -2.19. The quantitative estimate of drug-likeness (QED) is 0.898. The number of benzene rings is 2. The Morgan fingerprint density at radius 3 is 2.32 bits per heavy atom. The zero-order valence-corrected chi connectivity index (χ0v) is 10.1. The van der Waals surface area contributed by atoms with Gasteiger partial charge < -0.3 is 9.84 Å².